The Balaban J connectivity index is 0.000000829. The van der Waals surface area contributed by atoms with Crippen molar-refractivity contribution in [3.8, 4) is 0 Å². The number of aryl methyl sites for hydroxylation is 2. The summed E-state index contributed by atoms with van der Waals surface area (Å²) >= 11 is 0. The van der Waals surface area contributed by atoms with E-state index >= 15 is 0 Å². The third-order valence-electron chi connectivity index (χ3n) is 2.73. The van der Waals surface area contributed by atoms with Crippen LogP contribution in [0.15, 0.2) is 29.8 Å². The van der Waals surface area contributed by atoms with E-state index in [1.807, 2.05) is 33.8 Å². The summed E-state index contributed by atoms with van der Waals surface area (Å²) in [4.78, 5) is 11.2. The number of benzene rings is 1. The Kier molecular flexibility index (Phi) is 8.62. The minimum atomic E-state index is -0.186. The first-order chi connectivity index (χ1) is 9.54. The molecule has 0 amide bonds. The third kappa shape index (κ3) is 5.60. The van der Waals surface area contributed by atoms with Crippen molar-refractivity contribution in [3.63, 3.8) is 0 Å². The second-order valence-corrected chi connectivity index (χ2v) is 4.49. The molecular weight excluding hydrogens is 248 g/mol. The highest BCUT2D eigenvalue weighted by molar-refractivity contribution is 5.90. The molecule has 1 atom stereocenters. The quantitative estimate of drug-likeness (QED) is 0.727. The number of esters is 1. The van der Waals surface area contributed by atoms with Crippen LogP contribution in [-0.4, -0.2) is 12.1 Å². The van der Waals surface area contributed by atoms with Crippen molar-refractivity contribution in [1.29, 1.82) is 0 Å². The number of rotatable bonds is 2. The molecule has 1 aliphatic heterocycles. The molecule has 1 aliphatic rings. The number of ether oxygens (including phenoxy) is 1. The first kappa shape index (κ1) is 18.4. The Labute approximate surface area is 123 Å². The van der Waals surface area contributed by atoms with E-state index in [-0.39, 0.29) is 12.1 Å². The number of hydrogen-bond donors (Lipinski definition) is 0. The van der Waals surface area contributed by atoms with Gasteiger partial charge in [0.1, 0.15) is 6.10 Å². The van der Waals surface area contributed by atoms with Crippen LogP contribution in [0, 0.1) is 13.8 Å². The zero-order valence-corrected chi connectivity index (χ0v) is 13.9. The fourth-order valence-corrected chi connectivity index (χ4v) is 2.13. The summed E-state index contributed by atoms with van der Waals surface area (Å²) in [6, 6.07) is 6.43. The molecule has 1 aromatic carbocycles. The lowest BCUT2D eigenvalue weighted by atomic mass is 10.0. The fraction of sp³-hybridized carbons (Fsp3) is 0.500. The molecule has 2 nitrogen and oxygen atoms in total. The minimum Gasteiger partial charge on any atom is -0.454 e. The summed E-state index contributed by atoms with van der Waals surface area (Å²) in [7, 11) is 0. The van der Waals surface area contributed by atoms with E-state index in [9.17, 15) is 4.79 Å². The maximum atomic E-state index is 11.2. The van der Waals surface area contributed by atoms with E-state index in [0.29, 0.717) is 0 Å². The average molecular weight is 276 g/mol. The Morgan fingerprint density at radius 1 is 0.950 bits per heavy atom. The molecule has 0 N–H and O–H groups in total. The van der Waals surface area contributed by atoms with Crippen molar-refractivity contribution in [1.82, 2.24) is 0 Å². The molecule has 0 bridgehead atoms. The van der Waals surface area contributed by atoms with E-state index in [2.05, 4.69) is 32.0 Å². The Bertz CT molecular complexity index is 438. The van der Waals surface area contributed by atoms with Gasteiger partial charge in [0.25, 0.3) is 0 Å². The first-order valence-electron chi connectivity index (χ1n) is 7.51. The zero-order valence-electron chi connectivity index (χ0n) is 13.9. The molecule has 1 aromatic rings. The Morgan fingerprint density at radius 2 is 1.45 bits per heavy atom. The van der Waals surface area contributed by atoms with Crippen LogP contribution in [0.1, 0.15) is 51.3 Å². The van der Waals surface area contributed by atoms with Crippen molar-refractivity contribution < 1.29 is 9.53 Å². The van der Waals surface area contributed by atoms with E-state index in [1.54, 1.807) is 6.92 Å². The SMILES string of the molecule is CC.CC.CC1=CC(Cc2cc(C)cc(C)c2)OC1=O. The summed E-state index contributed by atoms with van der Waals surface area (Å²) in [6.07, 6.45) is 2.58. The monoisotopic (exact) mass is 276 g/mol. The van der Waals surface area contributed by atoms with Crippen LogP contribution < -0.4 is 0 Å². The highest BCUT2D eigenvalue weighted by Gasteiger charge is 2.22. The summed E-state index contributed by atoms with van der Waals surface area (Å²) in [6.45, 7) is 14.0. The molecule has 0 aromatic heterocycles. The number of carbonyl (C=O) groups is 1. The highest BCUT2D eigenvalue weighted by atomic mass is 16.5. The van der Waals surface area contributed by atoms with Crippen LogP contribution in [0.2, 0.25) is 0 Å². The smallest absolute Gasteiger partial charge is 0.334 e. The van der Waals surface area contributed by atoms with E-state index in [4.69, 9.17) is 4.74 Å². The van der Waals surface area contributed by atoms with Crippen molar-refractivity contribution in [2.75, 3.05) is 0 Å². The second-order valence-electron chi connectivity index (χ2n) is 4.49. The van der Waals surface area contributed by atoms with Gasteiger partial charge in [-0.2, -0.15) is 0 Å². The summed E-state index contributed by atoms with van der Waals surface area (Å²) < 4.78 is 5.23. The van der Waals surface area contributed by atoms with Crippen LogP contribution in [0.5, 0.6) is 0 Å². The standard InChI is InChI=1S/C14H16O2.2C2H6/c1-9-4-10(2)6-12(5-9)8-13-7-11(3)14(15)16-13;2*1-2/h4-7,13H,8H2,1-3H3;2*1-2H3. The van der Waals surface area contributed by atoms with Crippen LogP contribution in [-0.2, 0) is 16.0 Å². The highest BCUT2D eigenvalue weighted by Crippen LogP contribution is 2.18. The molecule has 0 fully saturated rings. The van der Waals surface area contributed by atoms with Crippen LogP contribution in [0.3, 0.4) is 0 Å². The lowest BCUT2D eigenvalue weighted by molar-refractivity contribution is -0.139. The van der Waals surface area contributed by atoms with Gasteiger partial charge in [-0.05, 0) is 32.4 Å². The molecular formula is C18H28O2. The average Bonchev–Trinajstić information content (AvgIpc) is 2.71. The van der Waals surface area contributed by atoms with Crippen molar-refractivity contribution in [3.05, 3.63) is 46.5 Å². The van der Waals surface area contributed by atoms with Crippen molar-refractivity contribution >= 4 is 5.97 Å². The Morgan fingerprint density at radius 3 is 1.85 bits per heavy atom. The molecule has 0 saturated heterocycles. The summed E-state index contributed by atoms with van der Waals surface area (Å²) in [5.41, 5.74) is 4.44. The van der Waals surface area contributed by atoms with Gasteiger partial charge in [-0.3, -0.25) is 0 Å². The van der Waals surface area contributed by atoms with Crippen molar-refractivity contribution in [2.45, 2.75) is 61.0 Å². The molecule has 0 spiro atoms. The lowest BCUT2D eigenvalue weighted by Crippen LogP contribution is -2.11. The fourth-order valence-electron chi connectivity index (χ4n) is 2.13. The molecule has 1 heterocycles. The maximum absolute atomic E-state index is 11.2. The van der Waals surface area contributed by atoms with Gasteiger partial charge in [0.2, 0.25) is 0 Å². The molecule has 1 unspecified atom stereocenters. The number of hydrogen-bond acceptors (Lipinski definition) is 2. The number of cyclic esters (lactones) is 1. The second kappa shape index (κ2) is 9.35. The van der Waals surface area contributed by atoms with Gasteiger partial charge in [-0.25, -0.2) is 4.79 Å². The largest absolute Gasteiger partial charge is 0.454 e. The number of carbonyl (C=O) groups excluding carboxylic acids is 1. The van der Waals surface area contributed by atoms with Gasteiger partial charge in [0.05, 0.1) is 0 Å². The summed E-state index contributed by atoms with van der Waals surface area (Å²) in [5.74, 6) is -0.186. The van der Waals surface area contributed by atoms with Gasteiger partial charge in [-0.15, -0.1) is 0 Å². The molecule has 112 valence electrons. The van der Waals surface area contributed by atoms with Crippen LogP contribution >= 0.6 is 0 Å². The lowest BCUT2D eigenvalue weighted by Gasteiger charge is -2.09. The zero-order chi connectivity index (χ0) is 15.7. The third-order valence-corrected chi connectivity index (χ3v) is 2.73. The Hall–Kier alpha value is -1.57. The van der Waals surface area contributed by atoms with Crippen LogP contribution in [0.4, 0.5) is 0 Å². The van der Waals surface area contributed by atoms with Gasteiger partial charge in [0.15, 0.2) is 0 Å². The first-order valence-corrected chi connectivity index (χ1v) is 7.51. The van der Waals surface area contributed by atoms with Gasteiger partial charge in [-0.1, -0.05) is 57.0 Å². The topological polar surface area (TPSA) is 26.3 Å². The molecule has 2 rings (SSSR count). The van der Waals surface area contributed by atoms with E-state index in [1.165, 1.54) is 16.7 Å². The van der Waals surface area contributed by atoms with E-state index in [0.717, 1.165) is 12.0 Å². The molecule has 20 heavy (non-hydrogen) atoms. The minimum absolute atomic E-state index is 0.0892. The predicted octanol–water partition coefficient (Wildman–Crippen LogP) is 4.77. The molecule has 2 heteroatoms. The van der Waals surface area contributed by atoms with Gasteiger partial charge >= 0.3 is 5.97 Å². The maximum Gasteiger partial charge on any atom is 0.334 e. The van der Waals surface area contributed by atoms with Gasteiger partial charge in [0, 0.05) is 12.0 Å². The normalized spacial score (nSPS) is 16.2. The van der Waals surface area contributed by atoms with Crippen molar-refractivity contribution in [2.24, 2.45) is 0 Å². The molecule has 0 saturated carbocycles. The molecule has 0 aliphatic carbocycles. The molecule has 0 radical (unpaired) electrons. The summed E-state index contributed by atoms with van der Waals surface area (Å²) in [5, 5.41) is 0. The van der Waals surface area contributed by atoms with Gasteiger partial charge < -0.3 is 4.74 Å². The van der Waals surface area contributed by atoms with E-state index < -0.39 is 0 Å². The predicted molar refractivity (Wildman–Crippen MR) is 86.0 cm³/mol. The van der Waals surface area contributed by atoms with Crippen LogP contribution in [0.25, 0.3) is 0 Å².